The molecule has 2 amide bonds. The van der Waals surface area contributed by atoms with Crippen LogP contribution in [0.25, 0.3) is 10.1 Å². The molecule has 6 heteroatoms. The minimum absolute atomic E-state index is 0.0191. The second-order valence-electron chi connectivity index (χ2n) is 4.59. The van der Waals surface area contributed by atoms with Gasteiger partial charge >= 0.3 is 0 Å². The van der Waals surface area contributed by atoms with E-state index in [-0.39, 0.29) is 17.9 Å². The SMILES string of the molecule is Nc1ccc2sc(C(=O)NC3CNC(=O)C3)cc2c1. The van der Waals surface area contributed by atoms with Crippen LogP contribution in [0.4, 0.5) is 5.69 Å². The maximum Gasteiger partial charge on any atom is 0.261 e. The molecule has 19 heavy (non-hydrogen) atoms. The number of hydrogen-bond acceptors (Lipinski definition) is 4. The van der Waals surface area contributed by atoms with Crippen LogP contribution in [-0.2, 0) is 4.79 Å². The minimum Gasteiger partial charge on any atom is -0.399 e. The van der Waals surface area contributed by atoms with E-state index >= 15 is 0 Å². The van der Waals surface area contributed by atoms with Gasteiger partial charge in [-0.2, -0.15) is 0 Å². The van der Waals surface area contributed by atoms with Gasteiger partial charge < -0.3 is 16.4 Å². The fraction of sp³-hybridized carbons (Fsp3) is 0.231. The third-order valence-corrected chi connectivity index (χ3v) is 4.19. The van der Waals surface area contributed by atoms with Crippen LogP contribution in [0.2, 0.25) is 0 Å². The Hall–Kier alpha value is -2.08. The summed E-state index contributed by atoms with van der Waals surface area (Å²) in [6.45, 7) is 0.502. The summed E-state index contributed by atoms with van der Waals surface area (Å²) in [5.74, 6) is -0.157. The largest absolute Gasteiger partial charge is 0.399 e. The molecule has 2 heterocycles. The lowest BCUT2D eigenvalue weighted by Crippen LogP contribution is -2.35. The molecule has 1 aromatic heterocycles. The lowest BCUT2D eigenvalue weighted by Gasteiger charge is -2.08. The number of hydrogen-bond donors (Lipinski definition) is 3. The molecule has 0 spiro atoms. The summed E-state index contributed by atoms with van der Waals surface area (Å²) in [5, 5.41) is 6.52. The number of nitrogen functional groups attached to an aromatic ring is 1. The van der Waals surface area contributed by atoms with Gasteiger partial charge in [-0.1, -0.05) is 0 Å². The summed E-state index contributed by atoms with van der Waals surface area (Å²) in [6, 6.07) is 7.29. The average molecular weight is 275 g/mol. The Morgan fingerprint density at radius 1 is 1.42 bits per heavy atom. The van der Waals surface area contributed by atoms with Crippen molar-refractivity contribution in [1.82, 2.24) is 10.6 Å². The number of anilines is 1. The van der Waals surface area contributed by atoms with Gasteiger partial charge in [0.25, 0.3) is 5.91 Å². The Labute approximate surface area is 113 Å². The van der Waals surface area contributed by atoms with Gasteiger partial charge in [0.2, 0.25) is 5.91 Å². The number of amides is 2. The first-order chi connectivity index (χ1) is 9.11. The van der Waals surface area contributed by atoms with Crippen molar-refractivity contribution >= 4 is 38.9 Å². The van der Waals surface area contributed by atoms with Gasteiger partial charge in [0, 0.05) is 23.4 Å². The topological polar surface area (TPSA) is 84.2 Å². The Bertz CT molecular complexity index is 665. The Morgan fingerprint density at radius 3 is 3.00 bits per heavy atom. The number of carbonyl (C=O) groups is 2. The second kappa shape index (κ2) is 4.55. The number of fused-ring (bicyclic) bond motifs is 1. The molecule has 0 saturated carbocycles. The van der Waals surface area contributed by atoms with Crippen LogP contribution in [0.3, 0.4) is 0 Å². The number of thiophene rings is 1. The molecule has 4 N–H and O–H groups in total. The molecule has 98 valence electrons. The summed E-state index contributed by atoms with van der Waals surface area (Å²) in [7, 11) is 0. The smallest absolute Gasteiger partial charge is 0.261 e. The summed E-state index contributed by atoms with van der Waals surface area (Å²) in [5.41, 5.74) is 6.40. The van der Waals surface area contributed by atoms with Crippen LogP contribution >= 0.6 is 11.3 Å². The Kier molecular flexibility index (Phi) is 2.87. The van der Waals surface area contributed by atoms with Crippen LogP contribution in [0.1, 0.15) is 16.1 Å². The molecule has 0 bridgehead atoms. The van der Waals surface area contributed by atoms with Crippen LogP contribution in [0, 0.1) is 0 Å². The van der Waals surface area contributed by atoms with Gasteiger partial charge in [-0.15, -0.1) is 11.3 Å². The fourth-order valence-corrected chi connectivity index (χ4v) is 3.08. The van der Waals surface area contributed by atoms with Gasteiger partial charge in [-0.05, 0) is 29.7 Å². The van der Waals surface area contributed by atoms with Crippen LogP contribution in [0.15, 0.2) is 24.3 Å². The normalized spacial score (nSPS) is 18.5. The van der Waals surface area contributed by atoms with E-state index in [0.717, 1.165) is 10.1 Å². The van der Waals surface area contributed by atoms with Crippen LogP contribution in [0.5, 0.6) is 0 Å². The van der Waals surface area contributed by atoms with E-state index in [1.807, 2.05) is 24.3 Å². The molecule has 1 aliphatic rings. The lowest BCUT2D eigenvalue weighted by molar-refractivity contribution is -0.119. The van der Waals surface area contributed by atoms with Gasteiger partial charge in [0.05, 0.1) is 10.9 Å². The average Bonchev–Trinajstić information content (AvgIpc) is 2.95. The molecule has 1 atom stereocenters. The summed E-state index contributed by atoms with van der Waals surface area (Å²) in [6.07, 6.45) is 0.351. The van der Waals surface area contributed by atoms with Crippen molar-refractivity contribution in [1.29, 1.82) is 0 Å². The van der Waals surface area contributed by atoms with E-state index in [2.05, 4.69) is 10.6 Å². The number of nitrogens with two attached hydrogens (primary N) is 1. The monoisotopic (exact) mass is 275 g/mol. The zero-order chi connectivity index (χ0) is 13.4. The molecule has 1 saturated heterocycles. The second-order valence-corrected chi connectivity index (χ2v) is 5.67. The van der Waals surface area contributed by atoms with Crippen molar-refractivity contribution in [3.05, 3.63) is 29.1 Å². The van der Waals surface area contributed by atoms with E-state index in [9.17, 15) is 9.59 Å². The van der Waals surface area contributed by atoms with E-state index in [1.54, 1.807) is 0 Å². The molecule has 3 rings (SSSR count). The van der Waals surface area contributed by atoms with Crippen molar-refractivity contribution in [2.75, 3.05) is 12.3 Å². The third kappa shape index (κ3) is 2.39. The van der Waals surface area contributed by atoms with Gasteiger partial charge in [0.15, 0.2) is 0 Å². The predicted molar refractivity (Wildman–Crippen MR) is 75.1 cm³/mol. The van der Waals surface area contributed by atoms with Crippen molar-refractivity contribution in [2.45, 2.75) is 12.5 Å². The summed E-state index contributed by atoms with van der Waals surface area (Å²) >= 11 is 1.43. The molecular formula is C13H13N3O2S. The highest BCUT2D eigenvalue weighted by Gasteiger charge is 2.23. The van der Waals surface area contributed by atoms with Gasteiger partial charge in [-0.3, -0.25) is 9.59 Å². The zero-order valence-corrected chi connectivity index (χ0v) is 10.9. The maximum atomic E-state index is 12.1. The molecule has 1 fully saturated rings. The molecule has 1 unspecified atom stereocenters. The Morgan fingerprint density at radius 2 is 2.26 bits per heavy atom. The first-order valence-electron chi connectivity index (χ1n) is 5.98. The highest BCUT2D eigenvalue weighted by Crippen LogP contribution is 2.27. The summed E-state index contributed by atoms with van der Waals surface area (Å²) < 4.78 is 1.03. The van der Waals surface area contributed by atoms with E-state index in [0.29, 0.717) is 23.5 Å². The van der Waals surface area contributed by atoms with Crippen molar-refractivity contribution in [3.8, 4) is 0 Å². The highest BCUT2D eigenvalue weighted by molar-refractivity contribution is 7.20. The number of carbonyl (C=O) groups excluding carboxylic acids is 2. The quantitative estimate of drug-likeness (QED) is 0.718. The lowest BCUT2D eigenvalue weighted by atomic mass is 10.2. The molecule has 1 aromatic carbocycles. The molecule has 0 aliphatic carbocycles. The third-order valence-electron chi connectivity index (χ3n) is 3.08. The standard InChI is InChI=1S/C13H13N3O2S/c14-8-1-2-10-7(3-8)4-11(19-10)13(18)16-9-5-12(17)15-6-9/h1-4,9H,5-6,14H2,(H,15,17)(H,16,18). The number of benzene rings is 1. The first kappa shape index (κ1) is 12.0. The molecule has 0 radical (unpaired) electrons. The molecular weight excluding hydrogens is 262 g/mol. The van der Waals surface area contributed by atoms with Crippen LogP contribution < -0.4 is 16.4 Å². The fourth-order valence-electron chi connectivity index (χ4n) is 2.14. The van der Waals surface area contributed by atoms with E-state index in [4.69, 9.17) is 5.73 Å². The molecule has 2 aromatic rings. The Balaban J connectivity index is 1.79. The van der Waals surface area contributed by atoms with E-state index in [1.165, 1.54) is 11.3 Å². The van der Waals surface area contributed by atoms with Crippen molar-refractivity contribution < 1.29 is 9.59 Å². The summed E-state index contributed by atoms with van der Waals surface area (Å²) in [4.78, 5) is 23.8. The van der Waals surface area contributed by atoms with Crippen molar-refractivity contribution in [3.63, 3.8) is 0 Å². The molecule has 1 aliphatic heterocycles. The van der Waals surface area contributed by atoms with Gasteiger partial charge in [0.1, 0.15) is 0 Å². The number of nitrogens with one attached hydrogen (secondary N) is 2. The van der Waals surface area contributed by atoms with Crippen LogP contribution in [-0.4, -0.2) is 24.4 Å². The maximum absolute atomic E-state index is 12.1. The highest BCUT2D eigenvalue weighted by atomic mass is 32.1. The first-order valence-corrected chi connectivity index (χ1v) is 6.80. The minimum atomic E-state index is -0.138. The van der Waals surface area contributed by atoms with Crippen molar-refractivity contribution in [2.24, 2.45) is 0 Å². The van der Waals surface area contributed by atoms with E-state index < -0.39 is 0 Å². The van der Waals surface area contributed by atoms with Gasteiger partial charge in [-0.25, -0.2) is 0 Å². The number of rotatable bonds is 2. The molecule has 5 nitrogen and oxygen atoms in total. The predicted octanol–water partition coefficient (Wildman–Crippen LogP) is 1.10. The zero-order valence-electron chi connectivity index (χ0n) is 10.1.